The van der Waals surface area contributed by atoms with E-state index in [9.17, 15) is 0 Å². The molecule has 2 heterocycles. The molecule has 0 amide bonds. The Bertz CT molecular complexity index is 345. The second kappa shape index (κ2) is 24.6. The average Bonchev–Trinajstić information content (AvgIpc) is 3.36. The summed E-state index contributed by atoms with van der Waals surface area (Å²) < 4.78 is 14.8. The normalized spacial score (nSPS) is 26.4. The molecule has 0 aromatic carbocycles. The van der Waals surface area contributed by atoms with Crippen LogP contribution in [0.15, 0.2) is 0 Å². The first-order valence-corrected chi connectivity index (χ1v) is 11.1. The number of hydrogen-bond donors (Lipinski definition) is 10. The summed E-state index contributed by atoms with van der Waals surface area (Å²) in [7, 11) is 0. The fraction of sp³-hybridized carbons (Fsp3) is 1.00. The Kier molecular flexibility index (Phi) is 27.6. The lowest BCUT2D eigenvalue weighted by Gasteiger charge is -2.10. The molecule has 2 saturated heterocycles. The van der Waals surface area contributed by atoms with Gasteiger partial charge in [-0.15, -0.1) is 0 Å². The molecule has 0 radical (unpaired) electrons. The zero-order chi connectivity index (χ0) is 26.4. The maximum Gasteiger partial charge on any atom is 0.157 e. The molecule has 13 nitrogen and oxygen atoms in total. The van der Waals surface area contributed by atoms with Crippen LogP contribution in [-0.4, -0.2) is 140 Å². The molecule has 0 aliphatic carbocycles. The molecule has 0 aromatic rings. The van der Waals surface area contributed by atoms with Crippen molar-refractivity contribution >= 4 is 0 Å². The van der Waals surface area contributed by atoms with Gasteiger partial charge in [0, 0.05) is 12.8 Å². The first kappa shape index (κ1) is 37.0. The summed E-state index contributed by atoms with van der Waals surface area (Å²) in [4.78, 5) is 0. The van der Waals surface area contributed by atoms with Crippen LogP contribution in [0, 0.1) is 0 Å². The van der Waals surface area contributed by atoms with Gasteiger partial charge < -0.3 is 65.3 Å². The monoisotopic (exact) mass is 494 g/mol. The Morgan fingerprint density at radius 3 is 1.18 bits per heavy atom. The van der Waals surface area contributed by atoms with E-state index in [1.54, 1.807) is 0 Å². The lowest BCUT2D eigenvalue weighted by atomic mass is 10.2. The summed E-state index contributed by atoms with van der Waals surface area (Å²) in [5.41, 5.74) is 0. The number of rotatable bonds is 9. The van der Waals surface area contributed by atoms with Crippen LogP contribution in [0.5, 0.6) is 0 Å². The van der Waals surface area contributed by atoms with Gasteiger partial charge in [-0.1, -0.05) is 27.7 Å². The minimum absolute atomic E-state index is 0.0342. The van der Waals surface area contributed by atoms with Gasteiger partial charge in [-0.05, 0) is 0 Å². The number of aliphatic hydroxyl groups is 10. The zero-order valence-electron chi connectivity index (χ0n) is 20.0. The van der Waals surface area contributed by atoms with Crippen LogP contribution in [-0.2, 0) is 14.2 Å². The molecule has 8 unspecified atom stereocenters. The number of aliphatic hydroxyl groups excluding tert-OH is 10. The van der Waals surface area contributed by atoms with Gasteiger partial charge in [0.15, 0.2) is 12.6 Å². The van der Waals surface area contributed by atoms with Crippen LogP contribution in [0.4, 0.5) is 0 Å². The van der Waals surface area contributed by atoms with Crippen LogP contribution < -0.4 is 0 Å². The molecule has 33 heavy (non-hydrogen) atoms. The van der Waals surface area contributed by atoms with Gasteiger partial charge in [0.2, 0.25) is 0 Å². The Hall–Kier alpha value is -0.520. The molecule has 10 N–H and O–H groups in total. The van der Waals surface area contributed by atoms with Gasteiger partial charge in [0.1, 0.15) is 24.4 Å². The Labute approximate surface area is 195 Å². The minimum Gasteiger partial charge on any atom is -0.394 e. The first-order valence-electron chi connectivity index (χ1n) is 11.1. The lowest BCUT2D eigenvalue weighted by molar-refractivity contribution is -0.112. The molecule has 2 aliphatic rings. The number of hydrogen-bond acceptors (Lipinski definition) is 13. The molecule has 204 valence electrons. The van der Waals surface area contributed by atoms with Crippen LogP contribution in [0.1, 0.15) is 40.5 Å². The standard InChI is InChI=1S/C6H14O5.C6H10O4.C4H10O4.2C2H6/c7-1-5(9)3-11-4-6(10)2-8;7-5-1-3-4(10-5)2-6(8)9-3;5-1-3(7)4(8)2-6;2*1-2/h5-10H,1-4H2;3-8H,1-2H2;3-8H,1-2H2;2*1-2H3. The third kappa shape index (κ3) is 19.5. The molecule has 2 fully saturated rings. The van der Waals surface area contributed by atoms with Gasteiger partial charge in [0.05, 0.1) is 51.8 Å². The summed E-state index contributed by atoms with van der Waals surface area (Å²) in [6.07, 6.45) is -4.87. The zero-order valence-corrected chi connectivity index (χ0v) is 20.0. The fourth-order valence-corrected chi connectivity index (χ4v) is 2.19. The highest BCUT2D eigenvalue weighted by Crippen LogP contribution is 2.31. The minimum atomic E-state index is -1.22. The SMILES string of the molecule is CC.CC.OC1CC2OC(O)CC2O1.OCC(O)C(O)CO.OCC(O)COCC(O)CO. The van der Waals surface area contributed by atoms with Crippen molar-refractivity contribution in [2.45, 2.75) is 89.7 Å². The van der Waals surface area contributed by atoms with E-state index in [4.69, 9.17) is 65.3 Å². The Balaban J connectivity index is -0.000000383. The molecule has 13 heteroatoms. The predicted octanol–water partition coefficient (Wildman–Crippen LogP) is -3.34. The highest BCUT2D eigenvalue weighted by molar-refractivity contribution is 4.84. The van der Waals surface area contributed by atoms with E-state index in [2.05, 4.69) is 0 Å². The molecule has 0 saturated carbocycles. The van der Waals surface area contributed by atoms with Crippen LogP contribution in [0.2, 0.25) is 0 Å². The average molecular weight is 495 g/mol. The third-order valence-electron chi connectivity index (χ3n) is 3.81. The van der Waals surface area contributed by atoms with Crippen molar-refractivity contribution in [2.24, 2.45) is 0 Å². The van der Waals surface area contributed by atoms with Crippen molar-refractivity contribution in [3.8, 4) is 0 Å². The molecule has 0 aromatic heterocycles. The van der Waals surface area contributed by atoms with E-state index >= 15 is 0 Å². The molecule has 0 bridgehead atoms. The Morgan fingerprint density at radius 2 is 0.939 bits per heavy atom. The molecule has 2 rings (SSSR count). The fourth-order valence-electron chi connectivity index (χ4n) is 2.19. The smallest absolute Gasteiger partial charge is 0.157 e. The van der Waals surface area contributed by atoms with Crippen LogP contribution in [0.3, 0.4) is 0 Å². The maximum absolute atomic E-state index is 8.94. The van der Waals surface area contributed by atoms with Crippen molar-refractivity contribution in [3.05, 3.63) is 0 Å². The highest BCUT2D eigenvalue weighted by atomic mass is 16.7. The third-order valence-corrected chi connectivity index (χ3v) is 3.81. The molecule has 2 aliphatic heterocycles. The van der Waals surface area contributed by atoms with Crippen molar-refractivity contribution in [1.29, 1.82) is 0 Å². The summed E-state index contributed by atoms with van der Waals surface area (Å²) in [5, 5.41) is 85.1. The second-order valence-electron chi connectivity index (χ2n) is 6.44. The van der Waals surface area contributed by atoms with E-state index in [1.807, 2.05) is 27.7 Å². The second-order valence-corrected chi connectivity index (χ2v) is 6.44. The molecular weight excluding hydrogens is 448 g/mol. The summed E-state index contributed by atoms with van der Waals surface area (Å²) >= 11 is 0. The maximum atomic E-state index is 8.94. The highest BCUT2D eigenvalue weighted by Gasteiger charge is 2.42. The number of ether oxygens (including phenoxy) is 3. The first-order chi connectivity index (χ1) is 15.7. The summed E-state index contributed by atoms with van der Waals surface area (Å²) in [6, 6.07) is 0. The van der Waals surface area contributed by atoms with Crippen LogP contribution in [0.25, 0.3) is 0 Å². The number of fused-ring (bicyclic) bond motifs is 1. The largest absolute Gasteiger partial charge is 0.394 e. The van der Waals surface area contributed by atoms with Crippen LogP contribution >= 0.6 is 0 Å². The van der Waals surface area contributed by atoms with Gasteiger partial charge in [-0.3, -0.25) is 0 Å². The van der Waals surface area contributed by atoms with E-state index in [1.165, 1.54) is 0 Å². The van der Waals surface area contributed by atoms with Crippen molar-refractivity contribution < 1.29 is 65.3 Å². The summed E-state index contributed by atoms with van der Waals surface area (Å²) in [6.45, 7) is 6.15. The van der Waals surface area contributed by atoms with Crippen molar-refractivity contribution in [2.75, 3.05) is 39.6 Å². The predicted molar refractivity (Wildman–Crippen MR) is 117 cm³/mol. The molecular formula is C20H46O13. The van der Waals surface area contributed by atoms with E-state index in [0.29, 0.717) is 12.8 Å². The molecule has 0 spiro atoms. The van der Waals surface area contributed by atoms with Gasteiger partial charge in [-0.25, -0.2) is 0 Å². The Morgan fingerprint density at radius 1 is 0.636 bits per heavy atom. The van der Waals surface area contributed by atoms with Gasteiger partial charge >= 0.3 is 0 Å². The van der Waals surface area contributed by atoms with E-state index in [0.717, 1.165) is 0 Å². The molecule has 8 atom stereocenters. The topological polar surface area (TPSA) is 230 Å². The quantitative estimate of drug-likeness (QED) is 0.151. The van der Waals surface area contributed by atoms with E-state index in [-0.39, 0.29) is 38.6 Å². The van der Waals surface area contributed by atoms with Gasteiger partial charge in [-0.2, -0.15) is 0 Å². The van der Waals surface area contributed by atoms with E-state index < -0.39 is 50.2 Å². The van der Waals surface area contributed by atoms with Crippen molar-refractivity contribution in [3.63, 3.8) is 0 Å². The van der Waals surface area contributed by atoms with Gasteiger partial charge in [0.25, 0.3) is 0 Å². The summed E-state index contributed by atoms with van der Waals surface area (Å²) in [5.74, 6) is 0. The van der Waals surface area contributed by atoms with Crippen molar-refractivity contribution in [1.82, 2.24) is 0 Å². The lowest BCUT2D eigenvalue weighted by Crippen LogP contribution is -2.31.